The summed E-state index contributed by atoms with van der Waals surface area (Å²) >= 11 is 1.45. The lowest BCUT2D eigenvalue weighted by Crippen LogP contribution is -2.49. The van der Waals surface area contributed by atoms with Crippen molar-refractivity contribution in [3.05, 3.63) is 16.0 Å². The third-order valence-corrected chi connectivity index (χ3v) is 7.72. The molecule has 28 heavy (non-hydrogen) atoms. The number of carbonyl (C=O) groups excluding carboxylic acids is 2. The number of nitrogens with one attached hydrogen (secondary N) is 1. The minimum absolute atomic E-state index is 0.0805. The summed E-state index contributed by atoms with van der Waals surface area (Å²) in [6.45, 7) is 3.61. The van der Waals surface area contributed by atoms with Crippen LogP contribution in [0.3, 0.4) is 0 Å². The quantitative estimate of drug-likeness (QED) is 0.725. The molecule has 0 radical (unpaired) electrons. The van der Waals surface area contributed by atoms with E-state index in [0.717, 1.165) is 55.4 Å². The molecule has 0 spiro atoms. The summed E-state index contributed by atoms with van der Waals surface area (Å²) in [4.78, 5) is 38.9. The molecule has 2 N–H and O–H groups in total. The Morgan fingerprint density at radius 3 is 2.32 bits per heavy atom. The molecule has 0 aromatic carbocycles. The maximum absolute atomic E-state index is 13.2. The van der Waals surface area contributed by atoms with Crippen LogP contribution in [0.25, 0.3) is 0 Å². The fourth-order valence-corrected chi connectivity index (χ4v) is 6.64. The van der Waals surface area contributed by atoms with Crippen molar-refractivity contribution >= 4 is 34.2 Å². The van der Waals surface area contributed by atoms with E-state index in [-0.39, 0.29) is 23.8 Å². The fourth-order valence-electron chi connectivity index (χ4n) is 5.36. The van der Waals surface area contributed by atoms with Gasteiger partial charge in [0.2, 0.25) is 5.91 Å². The number of hydrogen-bond donors (Lipinski definition) is 2. The highest BCUT2D eigenvalue weighted by atomic mass is 32.1. The molecule has 2 atom stereocenters. The van der Waals surface area contributed by atoms with E-state index < -0.39 is 23.8 Å². The molecule has 152 valence electrons. The average Bonchev–Trinajstić information content (AvgIpc) is 3.21. The highest BCUT2D eigenvalue weighted by Gasteiger charge is 2.50. The lowest BCUT2D eigenvalue weighted by molar-refractivity contribution is -0.156. The van der Waals surface area contributed by atoms with E-state index in [1.165, 1.54) is 11.3 Å². The number of aliphatic carboxylic acids is 1. The normalized spacial score (nSPS) is 28.2. The van der Waals surface area contributed by atoms with Crippen LogP contribution >= 0.6 is 11.3 Å². The van der Waals surface area contributed by atoms with Crippen LogP contribution in [0.5, 0.6) is 0 Å². The number of esters is 1. The average molecular weight is 406 g/mol. The highest BCUT2D eigenvalue weighted by molar-refractivity contribution is 7.17. The van der Waals surface area contributed by atoms with Crippen LogP contribution in [0.4, 0.5) is 5.00 Å². The molecule has 0 unspecified atom stereocenters. The summed E-state index contributed by atoms with van der Waals surface area (Å²) < 4.78 is 5.42. The maximum atomic E-state index is 13.2. The number of aryl methyl sites for hydroxylation is 1. The molecule has 1 amide bonds. The molecule has 3 saturated carbocycles. The van der Waals surface area contributed by atoms with Gasteiger partial charge in [0.25, 0.3) is 0 Å². The van der Waals surface area contributed by atoms with Crippen LogP contribution in [0, 0.1) is 23.7 Å². The number of fused-ring (bicyclic) bond motifs is 4. The third kappa shape index (κ3) is 3.34. The molecule has 2 bridgehead atoms. The molecular weight excluding hydrogens is 378 g/mol. The second-order valence-electron chi connectivity index (χ2n) is 8.57. The number of carbonyl (C=O) groups is 3. The number of anilines is 1. The van der Waals surface area contributed by atoms with Crippen molar-refractivity contribution in [2.24, 2.45) is 23.7 Å². The van der Waals surface area contributed by atoms with E-state index in [4.69, 9.17) is 4.74 Å². The van der Waals surface area contributed by atoms with Crippen LogP contribution < -0.4 is 5.32 Å². The predicted molar refractivity (Wildman–Crippen MR) is 106 cm³/mol. The van der Waals surface area contributed by atoms with Gasteiger partial charge in [-0.25, -0.2) is 4.79 Å². The molecule has 0 aliphatic heterocycles. The number of carboxylic acids is 1. The Kier molecular flexibility index (Phi) is 5.21. The molecule has 3 fully saturated rings. The van der Waals surface area contributed by atoms with Crippen LogP contribution in [0.1, 0.15) is 66.8 Å². The van der Waals surface area contributed by atoms with Gasteiger partial charge in [0.1, 0.15) is 5.00 Å². The lowest BCUT2D eigenvalue weighted by Gasteiger charge is -2.45. The predicted octanol–water partition coefficient (Wildman–Crippen LogP) is 3.88. The van der Waals surface area contributed by atoms with Gasteiger partial charge in [-0.05, 0) is 76.2 Å². The smallest absolute Gasteiger partial charge is 0.341 e. The summed E-state index contributed by atoms with van der Waals surface area (Å²) in [7, 11) is 0. The fraction of sp³-hybridized carbons (Fsp3) is 0.667. The van der Waals surface area contributed by atoms with E-state index in [0.29, 0.717) is 10.6 Å². The van der Waals surface area contributed by atoms with Crippen molar-refractivity contribution < 1.29 is 24.2 Å². The zero-order chi connectivity index (χ0) is 20.0. The van der Waals surface area contributed by atoms with Crippen molar-refractivity contribution in [3.8, 4) is 0 Å². The third-order valence-electron chi connectivity index (χ3n) is 6.51. The molecule has 5 rings (SSSR count). The van der Waals surface area contributed by atoms with E-state index in [1.807, 2.05) is 0 Å². The SMILES string of the molecule is CC(C)OC(=O)c1c(NC(=O)[C@@H]2C3CCC(CC3)[C@H]2C(=O)O)sc2c1CCC2. The molecule has 4 aliphatic carbocycles. The Morgan fingerprint density at radius 2 is 1.71 bits per heavy atom. The molecule has 4 aliphatic rings. The van der Waals surface area contributed by atoms with Crippen LogP contribution in [-0.2, 0) is 27.2 Å². The molecule has 7 heteroatoms. The van der Waals surface area contributed by atoms with E-state index >= 15 is 0 Å². The Balaban J connectivity index is 1.61. The Hall–Kier alpha value is -1.89. The van der Waals surface area contributed by atoms with Crippen molar-refractivity contribution in [1.29, 1.82) is 0 Å². The van der Waals surface area contributed by atoms with Gasteiger partial charge < -0.3 is 15.2 Å². The molecule has 1 heterocycles. The largest absolute Gasteiger partial charge is 0.481 e. The van der Waals surface area contributed by atoms with Crippen molar-refractivity contribution in [3.63, 3.8) is 0 Å². The summed E-state index contributed by atoms with van der Waals surface area (Å²) in [5.74, 6) is -2.46. The van der Waals surface area contributed by atoms with E-state index in [9.17, 15) is 19.5 Å². The summed E-state index contributed by atoms with van der Waals surface area (Å²) in [5.41, 5.74) is 1.47. The molecular formula is C21H27NO5S. The number of rotatable bonds is 5. The first-order valence-corrected chi connectivity index (χ1v) is 11.1. The van der Waals surface area contributed by atoms with Gasteiger partial charge in [-0.2, -0.15) is 0 Å². The van der Waals surface area contributed by atoms with Gasteiger partial charge in [0.15, 0.2) is 0 Å². The Bertz CT molecular complexity index is 806. The first kappa shape index (κ1) is 19.4. The van der Waals surface area contributed by atoms with Crippen molar-refractivity contribution in [1.82, 2.24) is 0 Å². The standard InChI is InChI=1S/C21H27NO5S/c1-10(2)27-21(26)17-13-4-3-5-14(13)28-19(17)22-18(23)15-11-6-8-12(9-7-11)16(15)20(24)25/h10-12,15-16H,3-9H2,1-2H3,(H,22,23)(H,24,25)/t11?,12?,15-,16-/m1/s1. The van der Waals surface area contributed by atoms with Crippen LogP contribution in [-0.4, -0.2) is 29.1 Å². The summed E-state index contributed by atoms with van der Waals surface area (Å²) in [6, 6.07) is 0. The van der Waals surface area contributed by atoms with Gasteiger partial charge >= 0.3 is 11.9 Å². The molecule has 0 saturated heterocycles. The van der Waals surface area contributed by atoms with Gasteiger partial charge in [0.05, 0.1) is 23.5 Å². The van der Waals surface area contributed by atoms with Crippen LogP contribution in [0.15, 0.2) is 0 Å². The van der Waals surface area contributed by atoms with Crippen molar-refractivity contribution in [2.45, 2.75) is 64.9 Å². The zero-order valence-electron chi connectivity index (χ0n) is 16.3. The molecule has 1 aromatic rings. The number of thiophene rings is 1. The molecule has 6 nitrogen and oxygen atoms in total. The number of ether oxygens (including phenoxy) is 1. The Morgan fingerprint density at radius 1 is 1.07 bits per heavy atom. The monoisotopic (exact) mass is 405 g/mol. The Labute approximate surface area is 168 Å². The first-order chi connectivity index (χ1) is 13.4. The van der Waals surface area contributed by atoms with Gasteiger partial charge in [-0.3, -0.25) is 9.59 Å². The number of amides is 1. The van der Waals surface area contributed by atoms with E-state index in [1.54, 1.807) is 13.8 Å². The van der Waals surface area contributed by atoms with Gasteiger partial charge in [-0.1, -0.05) is 0 Å². The van der Waals surface area contributed by atoms with Crippen LogP contribution in [0.2, 0.25) is 0 Å². The van der Waals surface area contributed by atoms with E-state index in [2.05, 4.69) is 5.32 Å². The van der Waals surface area contributed by atoms with Gasteiger partial charge in [0, 0.05) is 4.88 Å². The number of hydrogen-bond acceptors (Lipinski definition) is 5. The first-order valence-electron chi connectivity index (χ1n) is 10.3. The summed E-state index contributed by atoms with van der Waals surface area (Å²) in [6.07, 6.45) is 6.10. The second-order valence-corrected chi connectivity index (χ2v) is 9.67. The minimum atomic E-state index is -0.873. The van der Waals surface area contributed by atoms with Crippen molar-refractivity contribution in [2.75, 3.05) is 5.32 Å². The molecule has 1 aromatic heterocycles. The number of carboxylic acid groups (broad SMARTS) is 1. The highest BCUT2D eigenvalue weighted by Crippen LogP contribution is 2.50. The maximum Gasteiger partial charge on any atom is 0.341 e. The lowest BCUT2D eigenvalue weighted by atomic mass is 9.58. The summed E-state index contributed by atoms with van der Waals surface area (Å²) in [5, 5.41) is 13.2. The topological polar surface area (TPSA) is 92.7 Å². The second kappa shape index (κ2) is 7.50. The zero-order valence-corrected chi connectivity index (χ0v) is 17.1. The van der Waals surface area contributed by atoms with Gasteiger partial charge in [-0.15, -0.1) is 11.3 Å². The minimum Gasteiger partial charge on any atom is -0.481 e.